The molecule has 0 saturated heterocycles. The highest BCUT2D eigenvalue weighted by molar-refractivity contribution is 7.26. The standard InChI is InChI=1S/C49H30N2S2/c1-3-9-40-34(6-1)17-25-44-48(40)42-23-21-38(28-46(42)52-44)51(37-19-15-32(16-20-37)31-11-13-33(14-12-31)36-8-5-27-50-30-36)39-22-24-43-47(29-39)53-45-26-18-35-7-2-4-10-41(35)49(43)45/h1-30H. The molecule has 11 aromatic rings. The van der Waals surface area contributed by atoms with Crippen LogP contribution in [0.15, 0.2) is 182 Å². The van der Waals surface area contributed by atoms with Gasteiger partial charge in [0, 0.05) is 69.8 Å². The summed E-state index contributed by atoms with van der Waals surface area (Å²) in [6, 6.07) is 62.4. The summed E-state index contributed by atoms with van der Waals surface area (Å²) in [7, 11) is 0. The van der Waals surface area contributed by atoms with Crippen LogP contribution in [0.25, 0.3) is 84.1 Å². The maximum Gasteiger partial charge on any atom is 0.0476 e. The van der Waals surface area contributed by atoms with Crippen molar-refractivity contribution < 1.29 is 0 Å². The first-order valence-electron chi connectivity index (χ1n) is 17.8. The van der Waals surface area contributed by atoms with Gasteiger partial charge in [0.2, 0.25) is 0 Å². The minimum atomic E-state index is 1.12. The summed E-state index contributed by atoms with van der Waals surface area (Å²) < 4.78 is 5.22. The molecule has 0 fully saturated rings. The largest absolute Gasteiger partial charge is 0.310 e. The van der Waals surface area contributed by atoms with Crippen LogP contribution in [0, 0.1) is 0 Å². The van der Waals surface area contributed by atoms with Crippen LogP contribution < -0.4 is 4.90 Å². The van der Waals surface area contributed by atoms with Gasteiger partial charge in [-0.25, -0.2) is 0 Å². The number of pyridine rings is 1. The van der Waals surface area contributed by atoms with Gasteiger partial charge in [0.15, 0.2) is 0 Å². The second-order valence-electron chi connectivity index (χ2n) is 13.6. The van der Waals surface area contributed by atoms with Gasteiger partial charge in [0.1, 0.15) is 0 Å². The Morgan fingerprint density at radius 3 is 1.38 bits per heavy atom. The van der Waals surface area contributed by atoms with Crippen LogP contribution in [-0.2, 0) is 0 Å². The van der Waals surface area contributed by atoms with Crippen LogP contribution in [0.2, 0.25) is 0 Å². The summed E-state index contributed by atoms with van der Waals surface area (Å²) in [6.45, 7) is 0. The van der Waals surface area contributed by atoms with E-state index in [9.17, 15) is 0 Å². The Labute approximate surface area is 314 Å². The van der Waals surface area contributed by atoms with E-state index in [0.29, 0.717) is 0 Å². The molecule has 248 valence electrons. The molecule has 0 radical (unpaired) electrons. The lowest BCUT2D eigenvalue weighted by molar-refractivity contribution is 1.30. The van der Waals surface area contributed by atoms with Gasteiger partial charge < -0.3 is 4.90 Å². The molecule has 3 heterocycles. The minimum Gasteiger partial charge on any atom is -0.310 e. The normalized spacial score (nSPS) is 11.8. The van der Waals surface area contributed by atoms with Crippen molar-refractivity contribution in [2.45, 2.75) is 0 Å². The van der Waals surface area contributed by atoms with Gasteiger partial charge in [-0.15, -0.1) is 22.7 Å². The number of nitrogens with zero attached hydrogens (tertiary/aromatic N) is 2. The van der Waals surface area contributed by atoms with Crippen LogP contribution in [-0.4, -0.2) is 4.98 Å². The Kier molecular flexibility index (Phi) is 6.94. The van der Waals surface area contributed by atoms with Crippen LogP contribution in [0.3, 0.4) is 0 Å². The van der Waals surface area contributed by atoms with E-state index in [1.165, 1.54) is 78.6 Å². The fourth-order valence-electron chi connectivity index (χ4n) is 7.99. The lowest BCUT2D eigenvalue weighted by atomic mass is 10.0. The maximum absolute atomic E-state index is 4.29. The SMILES string of the molecule is c1cncc(-c2ccc(-c3ccc(N(c4ccc5c(c4)sc4ccc6ccccc6c45)c4ccc5c(c4)sc4ccc6ccccc6c45)cc3)cc2)c1. The molecule has 0 atom stereocenters. The summed E-state index contributed by atoms with van der Waals surface area (Å²) in [5.41, 5.74) is 8.08. The third-order valence-corrected chi connectivity index (χ3v) is 12.8. The van der Waals surface area contributed by atoms with Crippen molar-refractivity contribution in [1.29, 1.82) is 0 Å². The second-order valence-corrected chi connectivity index (χ2v) is 15.8. The topological polar surface area (TPSA) is 16.1 Å². The van der Waals surface area contributed by atoms with E-state index in [0.717, 1.165) is 22.6 Å². The molecule has 0 aliphatic rings. The van der Waals surface area contributed by atoms with E-state index in [-0.39, 0.29) is 0 Å². The predicted octanol–water partition coefficient (Wildman–Crippen LogP) is 14.9. The molecule has 53 heavy (non-hydrogen) atoms. The van der Waals surface area contributed by atoms with Crippen molar-refractivity contribution in [2.75, 3.05) is 4.90 Å². The molecule has 2 nitrogen and oxygen atoms in total. The summed E-state index contributed by atoms with van der Waals surface area (Å²) in [5, 5.41) is 10.5. The number of fused-ring (bicyclic) bond motifs is 10. The predicted molar refractivity (Wildman–Crippen MR) is 231 cm³/mol. The summed E-state index contributed by atoms with van der Waals surface area (Å²) in [5.74, 6) is 0. The molecule has 0 N–H and O–H groups in total. The molecular weight excluding hydrogens is 681 g/mol. The number of hydrogen-bond donors (Lipinski definition) is 0. The van der Waals surface area contributed by atoms with Crippen LogP contribution >= 0.6 is 22.7 Å². The smallest absolute Gasteiger partial charge is 0.0476 e. The number of anilines is 3. The fourth-order valence-corrected chi connectivity index (χ4v) is 10.3. The van der Waals surface area contributed by atoms with E-state index < -0.39 is 0 Å². The van der Waals surface area contributed by atoms with Crippen LogP contribution in [0.4, 0.5) is 17.1 Å². The number of rotatable bonds is 5. The van der Waals surface area contributed by atoms with Gasteiger partial charge in [-0.3, -0.25) is 4.98 Å². The average molecular weight is 711 g/mol. The molecule has 0 unspecified atom stereocenters. The molecule has 0 amide bonds. The van der Waals surface area contributed by atoms with Gasteiger partial charge >= 0.3 is 0 Å². The van der Waals surface area contributed by atoms with Crippen molar-refractivity contribution in [3.05, 3.63) is 182 Å². The Morgan fingerprint density at radius 1 is 0.358 bits per heavy atom. The minimum absolute atomic E-state index is 1.12. The first kappa shape index (κ1) is 30.3. The number of benzene rings is 8. The van der Waals surface area contributed by atoms with Crippen molar-refractivity contribution in [3.63, 3.8) is 0 Å². The van der Waals surface area contributed by atoms with E-state index in [1.807, 2.05) is 41.1 Å². The van der Waals surface area contributed by atoms with E-state index >= 15 is 0 Å². The quantitative estimate of drug-likeness (QED) is 0.177. The van der Waals surface area contributed by atoms with Crippen molar-refractivity contribution in [1.82, 2.24) is 4.98 Å². The molecule has 0 bridgehead atoms. The average Bonchev–Trinajstić information content (AvgIpc) is 3.80. The zero-order valence-electron chi connectivity index (χ0n) is 28.5. The molecule has 11 rings (SSSR count). The second kappa shape index (κ2) is 12.1. The first-order valence-corrected chi connectivity index (χ1v) is 19.5. The number of aromatic nitrogens is 1. The Hall–Kier alpha value is -6.33. The molecular formula is C49H30N2S2. The third-order valence-electron chi connectivity index (χ3n) is 10.5. The molecule has 0 saturated carbocycles. The Balaban J connectivity index is 1.05. The zero-order valence-corrected chi connectivity index (χ0v) is 30.2. The van der Waals surface area contributed by atoms with Gasteiger partial charge in [0.25, 0.3) is 0 Å². The molecule has 0 spiro atoms. The molecule has 0 aliphatic heterocycles. The van der Waals surface area contributed by atoms with Crippen molar-refractivity contribution in [2.24, 2.45) is 0 Å². The number of hydrogen-bond acceptors (Lipinski definition) is 4. The van der Waals surface area contributed by atoms with E-state index in [4.69, 9.17) is 0 Å². The van der Waals surface area contributed by atoms with Gasteiger partial charge in [-0.2, -0.15) is 0 Å². The Bertz CT molecular complexity index is 3000. The highest BCUT2D eigenvalue weighted by atomic mass is 32.1. The van der Waals surface area contributed by atoms with E-state index in [1.54, 1.807) is 0 Å². The molecule has 8 aromatic carbocycles. The summed E-state index contributed by atoms with van der Waals surface area (Å²) in [4.78, 5) is 6.71. The van der Waals surface area contributed by atoms with Crippen molar-refractivity contribution >= 4 is 102 Å². The molecule has 0 aliphatic carbocycles. The third kappa shape index (κ3) is 5.02. The van der Waals surface area contributed by atoms with Gasteiger partial charge in [-0.1, -0.05) is 115 Å². The van der Waals surface area contributed by atoms with Gasteiger partial charge in [0.05, 0.1) is 0 Å². The maximum atomic E-state index is 4.29. The number of thiophene rings is 2. The molecule has 4 heteroatoms. The van der Waals surface area contributed by atoms with Crippen LogP contribution in [0.5, 0.6) is 0 Å². The summed E-state index contributed by atoms with van der Waals surface area (Å²) >= 11 is 3.75. The molecule has 3 aromatic heterocycles. The highest BCUT2D eigenvalue weighted by Gasteiger charge is 2.18. The fraction of sp³-hybridized carbons (Fsp3) is 0. The Morgan fingerprint density at radius 2 is 0.849 bits per heavy atom. The van der Waals surface area contributed by atoms with E-state index in [2.05, 4.69) is 174 Å². The zero-order chi connectivity index (χ0) is 34.9. The summed E-state index contributed by atoms with van der Waals surface area (Å²) in [6.07, 6.45) is 3.72. The van der Waals surface area contributed by atoms with Crippen LogP contribution in [0.1, 0.15) is 0 Å². The lowest BCUT2D eigenvalue weighted by Gasteiger charge is -2.26. The van der Waals surface area contributed by atoms with Gasteiger partial charge in [-0.05, 0) is 98.4 Å². The first-order chi connectivity index (χ1) is 26.2. The highest BCUT2D eigenvalue weighted by Crippen LogP contribution is 2.45. The lowest BCUT2D eigenvalue weighted by Crippen LogP contribution is -2.09. The monoisotopic (exact) mass is 710 g/mol. The van der Waals surface area contributed by atoms with Crippen molar-refractivity contribution in [3.8, 4) is 22.3 Å².